The Hall–Kier alpha value is -2.19. The number of hydrogen-bond donors (Lipinski definition) is 0. The number of aryl methyl sites for hydroxylation is 1. The average molecular weight is 377 g/mol. The second kappa shape index (κ2) is 6.85. The van der Waals surface area contributed by atoms with Gasteiger partial charge in [-0.1, -0.05) is 0 Å². The highest BCUT2D eigenvalue weighted by molar-refractivity contribution is 7.89. The van der Waals surface area contributed by atoms with Crippen molar-refractivity contribution in [3.05, 3.63) is 51.7 Å². The maximum atomic E-state index is 12.7. The number of aromatic nitrogens is 2. The van der Waals surface area contributed by atoms with Gasteiger partial charge in [0.25, 0.3) is 5.56 Å². The second-order valence-electron chi connectivity index (χ2n) is 6.71. The molecule has 1 aliphatic rings. The van der Waals surface area contributed by atoms with E-state index >= 15 is 0 Å². The van der Waals surface area contributed by atoms with Crippen LogP contribution in [0.5, 0.6) is 0 Å². The molecule has 0 bridgehead atoms. The second-order valence-corrected chi connectivity index (χ2v) is 8.65. The molecule has 2 aromatic heterocycles. The zero-order chi connectivity index (χ0) is 19.1. The van der Waals surface area contributed by atoms with Gasteiger partial charge in [-0.25, -0.2) is 8.42 Å². The lowest BCUT2D eigenvalue weighted by molar-refractivity contribution is 0.0970. The number of carbonyl (C=O) groups is 1. The molecule has 2 aromatic rings. The highest BCUT2D eigenvalue weighted by atomic mass is 32.2. The quantitative estimate of drug-likeness (QED) is 0.739. The summed E-state index contributed by atoms with van der Waals surface area (Å²) in [5.74, 6) is -0.218. The van der Waals surface area contributed by atoms with Crippen LogP contribution in [-0.4, -0.2) is 40.7 Å². The first kappa shape index (κ1) is 18.6. The molecule has 3 heterocycles. The summed E-state index contributed by atoms with van der Waals surface area (Å²) in [7, 11) is -1.76. The van der Waals surface area contributed by atoms with E-state index < -0.39 is 15.6 Å². The molecule has 0 amide bonds. The number of ketones is 1. The van der Waals surface area contributed by atoms with Gasteiger partial charge in [-0.15, -0.1) is 0 Å². The van der Waals surface area contributed by atoms with Crippen LogP contribution < -0.4 is 5.56 Å². The van der Waals surface area contributed by atoms with Gasteiger partial charge in [0.05, 0.1) is 11.4 Å². The van der Waals surface area contributed by atoms with E-state index in [2.05, 4.69) is 0 Å². The van der Waals surface area contributed by atoms with Crippen molar-refractivity contribution in [2.75, 3.05) is 13.1 Å². The molecule has 0 aliphatic carbocycles. The topological polar surface area (TPSA) is 81.4 Å². The number of pyridine rings is 1. The molecule has 1 saturated heterocycles. The van der Waals surface area contributed by atoms with E-state index in [1.807, 2.05) is 25.5 Å². The number of sulfonamides is 1. The number of Topliss-reactive ketones (excluding diaryl/α,β-unsaturated/α-hetero) is 1. The highest BCUT2D eigenvalue weighted by Crippen LogP contribution is 2.20. The van der Waals surface area contributed by atoms with Gasteiger partial charge in [-0.3, -0.25) is 9.59 Å². The molecule has 1 fully saturated rings. The summed E-state index contributed by atoms with van der Waals surface area (Å²) >= 11 is 0. The van der Waals surface area contributed by atoms with Crippen LogP contribution in [0.25, 0.3) is 0 Å². The standard InChI is InChI=1S/C18H23N3O4S/c1-13-10-16(14(2)19(13)3)17(22)12-20-11-15(6-7-18(20)23)26(24,25)21-8-4-5-9-21/h6-7,10-11H,4-5,8-9,12H2,1-3H3. The van der Waals surface area contributed by atoms with Crippen molar-refractivity contribution >= 4 is 15.8 Å². The third-order valence-electron chi connectivity index (χ3n) is 5.05. The molecule has 8 heteroatoms. The van der Waals surface area contributed by atoms with Crippen LogP contribution in [0.1, 0.15) is 34.6 Å². The summed E-state index contributed by atoms with van der Waals surface area (Å²) in [6.45, 7) is 4.54. The van der Waals surface area contributed by atoms with Crippen LogP contribution in [0.3, 0.4) is 0 Å². The molecule has 0 unspecified atom stereocenters. The fraction of sp³-hybridized carbons (Fsp3) is 0.444. The highest BCUT2D eigenvalue weighted by Gasteiger charge is 2.28. The van der Waals surface area contributed by atoms with Crippen LogP contribution in [0.15, 0.2) is 34.1 Å². The van der Waals surface area contributed by atoms with Crippen LogP contribution in [0.2, 0.25) is 0 Å². The van der Waals surface area contributed by atoms with Gasteiger partial charge < -0.3 is 9.13 Å². The summed E-state index contributed by atoms with van der Waals surface area (Å²) in [6.07, 6.45) is 2.95. The largest absolute Gasteiger partial charge is 0.351 e. The van der Waals surface area contributed by atoms with Crippen molar-refractivity contribution in [3.63, 3.8) is 0 Å². The Kier molecular flexibility index (Phi) is 4.90. The van der Waals surface area contributed by atoms with Crippen LogP contribution in [-0.2, 0) is 23.6 Å². The fourth-order valence-electron chi connectivity index (χ4n) is 3.24. The van der Waals surface area contributed by atoms with Gasteiger partial charge in [-0.2, -0.15) is 4.31 Å². The Morgan fingerprint density at radius 3 is 2.38 bits per heavy atom. The summed E-state index contributed by atoms with van der Waals surface area (Å²) in [5.41, 5.74) is 1.92. The number of rotatable bonds is 5. The zero-order valence-corrected chi connectivity index (χ0v) is 16.0. The van der Waals surface area contributed by atoms with Gasteiger partial charge in [0, 0.05) is 49.4 Å². The Balaban J connectivity index is 1.92. The summed E-state index contributed by atoms with van der Waals surface area (Å²) < 4.78 is 29.9. The van der Waals surface area contributed by atoms with Gasteiger partial charge in [0.1, 0.15) is 0 Å². The molecule has 140 valence electrons. The molecule has 0 N–H and O–H groups in total. The monoisotopic (exact) mass is 377 g/mol. The van der Waals surface area contributed by atoms with E-state index in [1.54, 1.807) is 6.07 Å². The average Bonchev–Trinajstić information content (AvgIpc) is 3.22. The first-order chi connectivity index (χ1) is 12.2. The minimum atomic E-state index is -3.63. The molecule has 0 radical (unpaired) electrons. The van der Waals surface area contributed by atoms with E-state index in [9.17, 15) is 18.0 Å². The third-order valence-corrected chi connectivity index (χ3v) is 6.93. The van der Waals surface area contributed by atoms with Crippen molar-refractivity contribution in [3.8, 4) is 0 Å². The van der Waals surface area contributed by atoms with E-state index in [0.717, 1.165) is 24.2 Å². The molecule has 0 aromatic carbocycles. The van der Waals surface area contributed by atoms with Crippen molar-refractivity contribution in [2.45, 2.75) is 38.1 Å². The first-order valence-corrected chi connectivity index (χ1v) is 10.0. The van der Waals surface area contributed by atoms with Crippen LogP contribution in [0.4, 0.5) is 0 Å². The molecular weight excluding hydrogens is 354 g/mol. The van der Waals surface area contributed by atoms with E-state index in [-0.39, 0.29) is 17.2 Å². The summed E-state index contributed by atoms with van der Waals surface area (Å²) in [6, 6.07) is 4.31. The van der Waals surface area contributed by atoms with E-state index in [4.69, 9.17) is 0 Å². The molecule has 0 saturated carbocycles. The molecule has 0 spiro atoms. The zero-order valence-electron chi connectivity index (χ0n) is 15.2. The van der Waals surface area contributed by atoms with E-state index in [0.29, 0.717) is 18.7 Å². The summed E-state index contributed by atoms with van der Waals surface area (Å²) in [4.78, 5) is 24.8. The molecule has 0 atom stereocenters. The minimum absolute atomic E-state index is 0.0489. The molecule has 3 rings (SSSR count). The fourth-order valence-corrected chi connectivity index (χ4v) is 4.78. The lowest BCUT2D eigenvalue weighted by atomic mass is 10.1. The predicted octanol–water partition coefficient (Wildman–Crippen LogP) is 1.47. The normalized spacial score (nSPS) is 15.5. The molecule has 26 heavy (non-hydrogen) atoms. The van der Waals surface area contributed by atoms with Crippen molar-refractivity contribution in [1.29, 1.82) is 0 Å². The smallest absolute Gasteiger partial charge is 0.251 e. The van der Waals surface area contributed by atoms with Gasteiger partial charge in [0.2, 0.25) is 10.0 Å². The maximum Gasteiger partial charge on any atom is 0.251 e. The third kappa shape index (κ3) is 3.26. The van der Waals surface area contributed by atoms with Crippen molar-refractivity contribution in [2.24, 2.45) is 7.05 Å². The van der Waals surface area contributed by atoms with Crippen LogP contribution >= 0.6 is 0 Å². The first-order valence-electron chi connectivity index (χ1n) is 8.58. The predicted molar refractivity (Wildman–Crippen MR) is 97.9 cm³/mol. The number of carbonyl (C=O) groups excluding carboxylic acids is 1. The van der Waals surface area contributed by atoms with Gasteiger partial charge >= 0.3 is 0 Å². The lowest BCUT2D eigenvalue weighted by Gasteiger charge is -2.16. The Bertz CT molecular complexity index is 1010. The van der Waals surface area contributed by atoms with Crippen molar-refractivity contribution in [1.82, 2.24) is 13.4 Å². The molecular formula is C18H23N3O4S. The SMILES string of the molecule is Cc1cc(C(=O)Cn2cc(S(=O)(=O)N3CCCC3)ccc2=O)c(C)n1C. The van der Waals surface area contributed by atoms with E-state index in [1.165, 1.54) is 27.2 Å². The molecule has 1 aliphatic heterocycles. The Morgan fingerprint density at radius 1 is 1.15 bits per heavy atom. The number of nitrogens with zero attached hydrogens (tertiary/aromatic N) is 3. The Morgan fingerprint density at radius 2 is 1.81 bits per heavy atom. The summed E-state index contributed by atoms with van der Waals surface area (Å²) in [5, 5.41) is 0. The number of hydrogen-bond acceptors (Lipinski definition) is 4. The van der Waals surface area contributed by atoms with Crippen molar-refractivity contribution < 1.29 is 13.2 Å². The Labute approximate surface area is 152 Å². The lowest BCUT2D eigenvalue weighted by Crippen LogP contribution is -2.30. The minimum Gasteiger partial charge on any atom is -0.351 e. The molecule has 7 nitrogen and oxygen atoms in total. The van der Waals surface area contributed by atoms with Crippen LogP contribution in [0, 0.1) is 13.8 Å². The van der Waals surface area contributed by atoms with Gasteiger partial charge in [0.15, 0.2) is 5.78 Å². The maximum absolute atomic E-state index is 12.7. The van der Waals surface area contributed by atoms with Gasteiger partial charge in [-0.05, 0) is 38.8 Å².